The molecule has 0 saturated heterocycles. The maximum absolute atomic E-state index is 13.6. The molecule has 3 aromatic rings. The van der Waals surface area contributed by atoms with Crippen LogP contribution in [0.5, 0.6) is 0 Å². The van der Waals surface area contributed by atoms with Crippen LogP contribution in [0.2, 0.25) is 0 Å². The number of carbonyl (C=O) groups is 2. The second-order valence-corrected chi connectivity index (χ2v) is 9.23. The van der Waals surface area contributed by atoms with Crippen molar-refractivity contribution in [2.45, 2.75) is 4.90 Å². The van der Waals surface area contributed by atoms with Crippen molar-refractivity contribution in [3.05, 3.63) is 111 Å². The van der Waals surface area contributed by atoms with Gasteiger partial charge in [0.25, 0.3) is 15.7 Å². The lowest BCUT2D eigenvalue weighted by Crippen LogP contribution is -2.42. The number of Topliss-reactive ketones (excluding diaryl/α,β-unsaturated/α-hetero) is 2. The number of nitrogens with one attached hydrogen (secondary N) is 1. The summed E-state index contributed by atoms with van der Waals surface area (Å²) in [6.07, 6.45) is 0. The lowest BCUT2D eigenvalue weighted by atomic mass is 10.0. The predicted molar refractivity (Wildman–Crippen MR) is 125 cm³/mol. The summed E-state index contributed by atoms with van der Waals surface area (Å²) in [6.45, 7) is -0.659. The second-order valence-electron chi connectivity index (χ2n) is 7.40. The van der Waals surface area contributed by atoms with E-state index in [9.17, 15) is 28.1 Å². The van der Waals surface area contributed by atoms with E-state index in [0.29, 0.717) is 5.56 Å². The van der Waals surface area contributed by atoms with E-state index in [0.717, 1.165) is 16.4 Å². The minimum absolute atomic E-state index is 0.0412. The Kier molecular flexibility index (Phi) is 5.99. The fourth-order valence-electron chi connectivity index (χ4n) is 3.75. The van der Waals surface area contributed by atoms with Crippen molar-refractivity contribution in [1.29, 1.82) is 0 Å². The van der Waals surface area contributed by atoms with Gasteiger partial charge in [-0.15, -0.1) is 0 Å². The summed E-state index contributed by atoms with van der Waals surface area (Å²) < 4.78 is 28.0. The second kappa shape index (κ2) is 8.91. The van der Waals surface area contributed by atoms with Gasteiger partial charge in [-0.3, -0.25) is 24.0 Å². The topological polar surface area (TPSA) is 127 Å². The standard InChI is InChI=1S/C24H19N3O6S/c1-25-22-19-9-5-6-10-21(19)34(32,33)26(23(22)24(29)17-7-3-2-4-8-17)15-20(28)16-11-13-18(14-12-16)27(30)31/h2-14,25H,15H2,1H3. The van der Waals surface area contributed by atoms with Crippen LogP contribution in [-0.2, 0) is 10.0 Å². The fourth-order valence-corrected chi connectivity index (χ4v) is 5.39. The van der Waals surface area contributed by atoms with E-state index in [2.05, 4.69) is 5.32 Å². The van der Waals surface area contributed by atoms with Crippen LogP contribution in [0.1, 0.15) is 26.3 Å². The molecule has 34 heavy (non-hydrogen) atoms. The first-order valence-corrected chi connectivity index (χ1v) is 11.6. The van der Waals surface area contributed by atoms with Crippen molar-refractivity contribution in [1.82, 2.24) is 9.62 Å². The van der Waals surface area contributed by atoms with Crippen molar-refractivity contribution in [3.63, 3.8) is 0 Å². The van der Waals surface area contributed by atoms with Crippen molar-refractivity contribution in [2.75, 3.05) is 13.6 Å². The lowest BCUT2D eigenvalue weighted by molar-refractivity contribution is -0.384. The number of hydrogen-bond acceptors (Lipinski definition) is 7. The van der Waals surface area contributed by atoms with Gasteiger partial charge in [0.15, 0.2) is 5.78 Å². The zero-order chi connectivity index (χ0) is 24.5. The van der Waals surface area contributed by atoms with Gasteiger partial charge < -0.3 is 5.32 Å². The molecule has 0 spiro atoms. The van der Waals surface area contributed by atoms with Gasteiger partial charge in [-0.05, 0) is 18.2 Å². The molecule has 0 aromatic heterocycles. The first kappa shape index (κ1) is 22.9. The molecule has 0 unspecified atom stereocenters. The summed E-state index contributed by atoms with van der Waals surface area (Å²) >= 11 is 0. The number of nitro benzene ring substituents is 1. The summed E-state index contributed by atoms with van der Waals surface area (Å²) in [5.41, 5.74) is 0.555. The molecular formula is C24H19N3O6S. The van der Waals surface area contributed by atoms with Crippen molar-refractivity contribution in [2.24, 2.45) is 0 Å². The zero-order valence-corrected chi connectivity index (χ0v) is 18.8. The molecule has 1 N–H and O–H groups in total. The molecule has 0 saturated carbocycles. The highest BCUT2D eigenvalue weighted by molar-refractivity contribution is 7.89. The van der Waals surface area contributed by atoms with Gasteiger partial charge in [0.2, 0.25) is 5.78 Å². The number of allylic oxidation sites excluding steroid dienone is 1. The van der Waals surface area contributed by atoms with Gasteiger partial charge in [0.1, 0.15) is 5.70 Å². The van der Waals surface area contributed by atoms with Crippen LogP contribution in [0.3, 0.4) is 0 Å². The average molecular weight is 477 g/mol. The predicted octanol–water partition coefficient (Wildman–Crippen LogP) is 3.25. The van der Waals surface area contributed by atoms with E-state index in [1.807, 2.05) is 0 Å². The highest BCUT2D eigenvalue weighted by Gasteiger charge is 2.40. The molecule has 10 heteroatoms. The molecule has 3 aromatic carbocycles. The molecule has 4 rings (SSSR count). The van der Waals surface area contributed by atoms with Crippen LogP contribution >= 0.6 is 0 Å². The van der Waals surface area contributed by atoms with Crippen LogP contribution in [0.4, 0.5) is 5.69 Å². The van der Waals surface area contributed by atoms with Crippen LogP contribution in [0, 0.1) is 10.1 Å². The quantitative estimate of drug-likeness (QED) is 0.314. The number of ketones is 2. The first-order chi connectivity index (χ1) is 16.3. The fraction of sp³-hybridized carbons (Fsp3) is 0.0833. The number of carbonyl (C=O) groups excluding carboxylic acids is 2. The zero-order valence-electron chi connectivity index (χ0n) is 18.0. The monoisotopic (exact) mass is 477 g/mol. The lowest BCUT2D eigenvalue weighted by Gasteiger charge is -2.33. The van der Waals surface area contributed by atoms with Crippen LogP contribution in [0.25, 0.3) is 5.70 Å². The molecule has 0 aliphatic carbocycles. The van der Waals surface area contributed by atoms with E-state index in [4.69, 9.17) is 0 Å². The molecule has 0 radical (unpaired) electrons. The van der Waals surface area contributed by atoms with Gasteiger partial charge in [-0.2, -0.15) is 0 Å². The molecule has 0 fully saturated rings. The molecule has 172 valence electrons. The number of nitro groups is 1. The Morgan fingerprint density at radius 1 is 0.912 bits per heavy atom. The van der Waals surface area contributed by atoms with Gasteiger partial charge >= 0.3 is 0 Å². The largest absolute Gasteiger partial charge is 0.386 e. The molecule has 1 aliphatic rings. The number of non-ortho nitro benzene ring substituents is 1. The minimum atomic E-state index is -4.27. The molecule has 0 amide bonds. The summed E-state index contributed by atoms with van der Waals surface area (Å²) in [5, 5.41) is 13.8. The number of benzene rings is 3. The van der Waals surface area contributed by atoms with E-state index < -0.39 is 33.1 Å². The number of rotatable bonds is 7. The van der Waals surface area contributed by atoms with Gasteiger partial charge in [-0.25, -0.2) is 8.42 Å². The third-order valence-corrected chi connectivity index (χ3v) is 7.20. The summed E-state index contributed by atoms with van der Waals surface area (Å²) in [7, 11) is -2.70. The third kappa shape index (κ3) is 3.95. The number of fused-ring (bicyclic) bond motifs is 1. The van der Waals surface area contributed by atoms with Gasteiger partial charge in [0, 0.05) is 35.9 Å². The highest BCUT2D eigenvalue weighted by atomic mass is 32.2. The van der Waals surface area contributed by atoms with Crippen molar-refractivity contribution >= 4 is 33.0 Å². The molecule has 1 aliphatic heterocycles. The Labute approximate surface area is 195 Å². The smallest absolute Gasteiger partial charge is 0.269 e. The SMILES string of the molecule is CNC1=C(C(=O)c2ccccc2)N(CC(=O)c2ccc([N+](=O)[O-])cc2)S(=O)(=O)c2ccccc21. The minimum Gasteiger partial charge on any atom is -0.386 e. The molecule has 1 heterocycles. The maximum Gasteiger partial charge on any atom is 0.269 e. The molecular weight excluding hydrogens is 458 g/mol. The van der Waals surface area contributed by atoms with E-state index >= 15 is 0 Å². The first-order valence-electron chi connectivity index (χ1n) is 10.2. The summed E-state index contributed by atoms with van der Waals surface area (Å²) in [5.74, 6) is -1.19. The number of sulfonamides is 1. The Hall–Kier alpha value is -4.31. The third-order valence-electron chi connectivity index (χ3n) is 5.40. The van der Waals surface area contributed by atoms with Crippen molar-refractivity contribution < 1.29 is 22.9 Å². The summed E-state index contributed by atoms with van der Waals surface area (Å²) in [4.78, 5) is 36.9. The molecule has 0 bridgehead atoms. The van der Waals surface area contributed by atoms with E-state index in [1.54, 1.807) is 55.6 Å². The average Bonchev–Trinajstić information content (AvgIpc) is 2.85. The Balaban J connectivity index is 1.85. The van der Waals surface area contributed by atoms with Crippen LogP contribution in [-0.4, -0.2) is 42.8 Å². The van der Waals surface area contributed by atoms with E-state index in [-0.39, 0.29) is 33.1 Å². The van der Waals surface area contributed by atoms with Crippen molar-refractivity contribution in [3.8, 4) is 0 Å². The van der Waals surface area contributed by atoms with E-state index in [1.165, 1.54) is 18.2 Å². The Bertz CT molecular complexity index is 1430. The Morgan fingerprint density at radius 2 is 1.53 bits per heavy atom. The van der Waals surface area contributed by atoms with Crippen LogP contribution < -0.4 is 5.32 Å². The highest BCUT2D eigenvalue weighted by Crippen LogP contribution is 2.37. The molecule has 9 nitrogen and oxygen atoms in total. The molecule has 0 atom stereocenters. The Morgan fingerprint density at radius 3 is 2.15 bits per heavy atom. The maximum atomic E-state index is 13.6. The van der Waals surface area contributed by atoms with Gasteiger partial charge in [0.05, 0.1) is 22.1 Å². The van der Waals surface area contributed by atoms with Gasteiger partial charge in [-0.1, -0.05) is 48.5 Å². The number of nitrogens with zero attached hydrogens (tertiary/aromatic N) is 2. The van der Waals surface area contributed by atoms with Crippen LogP contribution in [0.15, 0.2) is 89.5 Å². The summed E-state index contributed by atoms with van der Waals surface area (Å²) in [6, 6.07) is 19.2. The number of hydrogen-bond donors (Lipinski definition) is 1. The normalized spacial score (nSPS) is 14.3.